The van der Waals surface area contributed by atoms with Gasteiger partial charge in [-0.2, -0.15) is 0 Å². The SMILES string of the molecule is CCCNCc1cnc(SCC2CCCO2)c(C)c1. The van der Waals surface area contributed by atoms with E-state index in [-0.39, 0.29) is 0 Å². The second-order valence-corrected chi connectivity index (χ2v) is 6.10. The molecule has 1 aliphatic heterocycles. The molecule has 0 bridgehead atoms. The predicted molar refractivity (Wildman–Crippen MR) is 80.7 cm³/mol. The largest absolute Gasteiger partial charge is 0.377 e. The Bertz CT molecular complexity index is 392. The lowest BCUT2D eigenvalue weighted by Gasteiger charge is -2.11. The van der Waals surface area contributed by atoms with Crippen molar-refractivity contribution in [3.63, 3.8) is 0 Å². The lowest BCUT2D eigenvalue weighted by molar-refractivity contribution is 0.129. The van der Waals surface area contributed by atoms with Gasteiger partial charge < -0.3 is 10.1 Å². The van der Waals surface area contributed by atoms with E-state index in [2.05, 4.69) is 30.2 Å². The summed E-state index contributed by atoms with van der Waals surface area (Å²) in [6.07, 6.45) is 6.00. The normalized spacial score (nSPS) is 18.9. The van der Waals surface area contributed by atoms with Crippen molar-refractivity contribution in [2.24, 2.45) is 0 Å². The Hall–Kier alpha value is -0.580. The number of pyridine rings is 1. The first kappa shape index (κ1) is 14.8. The van der Waals surface area contributed by atoms with Crippen LogP contribution >= 0.6 is 11.8 Å². The van der Waals surface area contributed by atoms with E-state index in [4.69, 9.17) is 4.74 Å². The van der Waals surface area contributed by atoms with E-state index in [1.165, 1.54) is 30.4 Å². The maximum Gasteiger partial charge on any atom is 0.0990 e. The highest BCUT2D eigenvalue weighted by molar-refractivity contribution is 7.99. The highest BCUT2D eigenvalue weighted by Crippen LogP contribution is 2.25. The van der Waals surface area contributed by atoms with Gasteiger partial charge in [0.1, 0.15) is 0 Å². The standard InChI is InChI=1S/C15H24N2OS/c1-3-6-16-9-13-8-12(2)15(17-10-13)19-11-14-5-4-7-18-14/h8,10,14,16H,3-7,9,11H2,1-2H3. The Kier molecular flexibility index (Phi) is 6.14. The number of nitrogens with zero attached hydrogens (tertiary/aromatic N) is 1. The number of aromatic nitrogens is 1. The van der Waals surface area contributed by atoms with E-state index in [1.807, 2.05) is 18.0 Å². The molecule has 1 saturated heterocycles. The third kappa shape index (κ3) is 4.79. The summed E-state index contributed by atoms with van der Waals surface area (Å²) in [5.41, 5.74) is 2.55. The first-order chi connectivity index (χ1) is 9.29. The average Bonchev–Trinajstić information content (AvgIpc) is 2.91. The van der Waals surface area contributed by atoms with Crippen molar-refractivity contribution < 1.29 is 4.74 Å². The molecule has 0 saturated carbocycles. The van der Waals surface area contributed by atoms with Crippen molar-refractivity contribution in [3.8, 4) is 0 Å². The van der Waals surface area contributed by atoms with Crippen molar-refractivity contribution in [3.05, 3.63) is 23.4 Å². The fourth-order valence-corrected chi connectivity index (χ4v) is 3.25. The number of hydrogen-bond donors (Lipinski definition) is 1. The number of ether oxygens (including phenoxy) is 1. The molecule has 106 valence electrons. The Morgan fingerprint density at radius 1 is 1.53 bits per heavy atom. The van der Waals surface area contributed by atoms with Gasteiger partial charge in [-0.1, -0.05) is 13.0 Å². The zero-order valence-corrected chi connectivity index (χ0v) is 12.8. The van der Waals surface area contributed by atoms with Gasteiger partial charge in [0.15, 0.2) is 0 Å². The fraction of sp³-hybridized carbons (Fsp3) is 0.667. The zero-order chi connectivity index (χ0) is 13.5. The Balaban J connectivity index is 1.83. The number of aryl methyl sites for hydroxylation is 1. The first-order valence-electron chi connectivity index (χ1n) is 7.20. The summed E-state index contributed by atoms with van der Waals surface area (Å²) in [7, 11) is 0. The summed E-state index contributed by atoms with van der Waals surface area (Å²) in [6.45, 7) is 7.24. The van der Waals surface area contributed by atoms with Crippen LogP contribution in [0.25, 0.3) is 0 Å². The molecule has 2 heterocycles. The van der Waals surface area contributed by atoms with Gasteiger partial charge in [0.2, 0.25) is 0 Å². The highest BCUT2D eigenvalue weighted by Gasteiger charge is 2.16. The Morgan fingerprint density at radius 2 is 2.42 bits per heavy atom. The first-order valence-corrected chi connectivity index (χ1v) is 8.18. The van der Waals surface area contributed by atoms with Gasteiger partial charge in [0, 0.05) is 25.1 Å². The zero-order valence-electron chi connectivity index (χ0n) is 11.9. The molecule has 1 aliphatic rings. The molecule has 0 aliphatic carbocycles. The van der Waals surface area contributed by atoms with Gasteiger partial charge in [-0.3, -0.25) is 0 Å². The molecule has 0 spiro atoms. The average molecular weight is 280 g/mol. The predicted octanol–water partition coefficient (Wildman–Crippen LogP) is 3.16. The molecule has 19 heavy (non-hydrogen) atoms. The van der Waals surface area contributed by atoms with Crippen LogP contribution in [-0.4, -0.2) is 30.0 Å². The Morgan fingerprint density at radius 3 is 3.11 bits per heavy atom. The van der Waals surface area contributed by atoms with E-state index >= 15 is 0 Å². The molecular weight excluding hydrogens is 256 g/mol. The molecule has 0 amide bonds. The van der Waals surface area contributed by atoms with Gasteiger partial charge >= 0.3 is 0 Å². The lowest BCUT2D eigenvalue weighted by atomic mass is 10.2. The minimum atomic E-state index is 0.428. The number of rotatable bonds is 7. The molecular formula is C15H24N2OS. The summed E-state index contributed by atoms with van der Waals surface area (Å²) in [6, 6.07) is 2.24. The van der Waals surface area contributed by atoms with Crippen LogP contribution in [0.4, 0.5) is 0 Å². The van der Waals surface area contributed by atoms with Crippen molar-refractivity contribution in [1.29, 1.82) is 0 Å². The van der Waals surface area contributed by atoms with Crippen molar-refractivity contribution >= 4 is 11.8 Å². The molecule has 0 aromatic carbocycles. The fourth-order valence-electron chi connectivity index (χ4n) is 2.23. The van der Waals surface area contributed by atoms with Crippen LogP contribution < -0.4 is 5.32 Å². The molecule has 3 nitrogen and oxygen atoms in total. The van der Waals surface area contributed by atoms with Crippen molar-refractivity contribution in [1.82, 2.24) is 10.3 Å². The molecule has 1 aromatic rings. The molecule has 1 aromatic heterocycles. The second kappa shape index (κ2) is 7.88. The molecule has 1 fully saturated rings. The summed E-state index contributed by atoms with van der Waals surface area (Å²) in [5, 5.41) is 4.56. The van der Waals surface area contributed by atoms with Crippen LogP contribution in [0, 0.1) is 6.92 Å². The summed E-state index contributed by atoms with van der Waals surface area (Å²) in [4.78, 5) is 4.59. The maximum atomic E-state index is 5.65. The van der Waals surface area contributed by atoms with Crippen LogP contribution in [0.15, 0.2) is 17.3 Å². The molecule has 1 unspecified atom stereocenters. The van der Waals surface area contributed by atoms with E-state index in [1.54, 1.807) is 0 Å². The highest BCUT2D eigenvalue weighted by atomic mass is 32.2. The molecule has 1 N–H and O–H groups in total. The smallest absolute Gasteiger partial charge is 0.0990 e. The monoisotopic (exact) mass is 280 g/mol. The van der Waals surface area contributed by atoms with Gasteiger partial charge in [0.05, 0.1) is 11.1 Å². The number of hydrogen-bond acceptors (Lipinski definition) is 4. The van der Waals surface area contributed by atoms with E-state index in [0.717, 1.165) is 30.5 Å². The maximum absolute atomic E-state index is 5.65. The topological polar surface area (TPSA) is 34.2 Å². The minimum absolute atomic E-state index is 0.428. The van der Waals surface area contributed by atoms with Gasteiger partial charge in [-0.05, 0) is 43.9 Å². The summed E-state index contributed by atoms with van der Waals surface area (Å²) in [5.74, 6) is 1.03. The molecule has 1 atom stereocenters. The van der Waals surface area contributed by atoms with Crippen LogP contribution in [0.3, 0.4) is 0 Å². The van der Waals surface area contributed by atoms with Gasteiger partial charge in [-0.25, -0.2) is 4.98 Å². The number of nitrogens with one attached hydrogen (secondary N) is 1. The molecule has 0 radical (unpaired) electrons. The molecule has 4 heteroatoms. The number of thioether (sulfide) groups is 1. The molecule has 2 rings (SSSR count). The summed E-state index contributed by atoms with van der Waals surface area (Å²) >= 11 is 1.82. The third-order valence-corrected chi connectivity index (χ3v) is 4.51. The van der Waals surface area contributed by atoms with E-state index in [0.29, 0.717) is 6.10 Å². The van der Waals surface area contributed by atoms with Crippen LogP contribution in [-0.2, 0) is 11.3 Å². The van der Waals surface area contributed by atoms with Crippen molar-refractivity contribution in [2.75, 3.05) is 18.9 Å². The minimum Gasteiger partial charge on any atom is -0.377 e. The van der Waals surface area contributed by atoms with Gasteiger partial charge in [0.25, 0.3) is 0 Å². The summed E-state index contributed by atoms with van der Waals surface area (Å²) < 4.78 is 5.65. The van der Waals surface area contributed by atoms with Crippen LogP contribution in [0.2, 0.25) is 0 Å². The second-order valence-electron chi connectivity index (χ2n) is 5.09. The third-order valence-electron chi connectivity index (χ3n) is 3.27. The Labute approximate surface area is 120 Å². The van der Waals surface area contributed by atoms with E-state index < -0.39 is 0 Å². The lowest BCUT2D eigenvalue weighted by Crippen LogP contribution is -2.14. The quantitative estimate of drug-likeness (QED) is 0.614. The van der Waals surface area contributed by atoms with Crippen LogP contribution in [0.5, 0.6) is 0 Å². The van der Waals surface area contributed by atoms with Crippen molar-refractivity contribution in [2.45, 2.75) is 50.8 Å². The van der Waals surface area contributed by atoms with E-state index in [9.17, 15) is 0 Å². The van der Waals surface area contributed by atoms with Gasteiger partial charge in [-0.15, -0.1) is 11.8 Å². The van der Waals surface area contributed by atoms with Crippen LogP contribution in [0.1, 0.15) is 37.3 Å².